The zero-order valence-electron chi connectivity index (χ0n) is 18.3. The number of amides is 3. The van der Waals surface area contributed by atoms with Crippen molar-refractivity contribution in [2.75, 3.05) is 50.7 Å². The first-order chi connectivity index (χ1) is 15.5. The maximum Gasteiger partial charge on any atom is 0.255 e. The van der Waals surface area contributed by atoms with Crippen molar-refractivity contribution >= 4 is 58.4 Å². The number of benzene rings is 2. The summed E-state index contributed by atoms with van der Waals surface area (Å²) >= 11 is 2.20. The molecule has 9 heteroatoms. The minimum atomic E-state index is -0.314. The number of piperazine rings is 1. The van der Waals surface area contributed by atoms with Crippen LogP contribution in [0.15, 0.2) is 54.6 Å². The van der Waals surface area contributed by atoms with Crippen molar-refractivity contribution in [3.05, 3.63) is 63.7 Å². The molecule has 2 aromatic rings. The lowest BCUT2D eigenvalue weighted by atomic mass is 10.1. The van der Waals surface area contributed by atoms with Crippen molar-refractivity contribution in [2.45, 2.75) is 6.42 Å². The van der Waals surface area contributed by atoms with Crippen LogP contribution in [-0.2, 0) is 9.59 Å². The molecule has 2 aliphatic heterocycles. The highest BCUT2D eigenvalue weighted by atomic mass is 127. The second kappa shape index (κ2) is 11.8. The Morgan fingerprint density at radius 3 is 2.33 bits per heavy atom. The molecule has 3 amide bonds. The number of carbonyl (C=O) groups excluding carboxylic acids is 3. The standard InChI is InChI=1S/C24H27IN4O3.ClH/c25-21-9-5-4-8-20(21)24(32)28-14-12-27(13-15-28)11-10-26-23(31)18-16-22(30)29(17-18)19-6-2-1-3-7-19;/h1-9,18H,10-17H2,(H,26,31);1H. The van der Waals surface area contributed by atoms with E-state index < -0.39 is 0 Å². The van der Waals surface area contributed by atoms with Crippen LogP contribution in [0.25, 0.3) is 0 Å². The molecular formula is C24H28ClIN4O3. The summed E-state index contributed by atoms with van der Waals surface area (Å²) in [5.41, 5.74) is 1.59. The van der Waals surface area contributed by atoms with E-state index in [0.29, 0.717) is 26.2 Å². The molecule has 0 aromatic heterocycles. The van der Waals surface area contributed by atoms with E-state index in [4.69, 9.17) is 0 Å². The Balaban J connectivity index is 0.00000306. The predicted octanol–water partition coefficient (Wildman–Crippen LogP) is 2.64. The smallest absolute Gasteiger partial charge is 0.255 e. The summed E-state index contributed by atoms with van der Waals surface area (Å²) in [6.07, 6.45) is 0.250. The van der Waals surface area contributed by atoms with Gasteiger partial charge in [0.15, 0.2) is 0 Å². The first-order valence-electron chi connectivity index (χ1n) is 10.9. The number of para-hydroxylation sites is 1. The molecule has 2 saturated heterocycles. The summed E-state index contributed by atoms with van der Waals surface area (Å²) in [6, 6.07) is 17.1. The van der Waals surface area contributed by atoms with E-state index in [-0.39, 0.29) is 42.5 Å². The van der Waals surface area contributed by atoms with Gasteiger partial charge in [-0.3, -0.25) is 19.3 Å². The lowest BCUT2D eigenvalue weighted by molar-refractivity contribution is -0.126. The molecule has 4 rings (SSSR count). The van der Waals surface area contributed by atoms with Crippen LogP contribution in [0.5, 0.6) is 0 Å². The van der Waals surface area contributed by atoms with Gasteiger partial charge in [-0.2, -0.15) is 0 Å². The fourth-order valence-corrected chi connectivity index (χ4v) is 4.82. The second-order valence-electron chi connectivity index (χ2n) is 8.15. The third-order valence-corrected chi connectivity index (χ3v) is 7.00. The zero-order valence-corrected chi connectivity index (χ0v) is 21.3. The fraction of sp³-hybridized carbons (Fsp3) is 0.375. The Bertz CT molecular complexity index is 983. The Morgan fingerprint density at radius 1 is 0.970 bits per heavy atom. The summed E-state index contributed by atoms with van der Waals surface area (Å²) in [4.78, 5) is 43.5. The lowest BCUT2D eigenvalue weighted by Gasteiger charge is -2.35. The van der Waals surface area contributed by atoms with Crippen molar-refractivity contribution in [3.8, 4) is 0 Å². The molecule has 0 saturated carbocycles. The van der Waals surface area contributed by atoms with E-state index >= 15 is 0 Å². The average Bonchev–Trinajstić information content (AvgIpc) is 3.22. The number of rotatable bonds is 6. The molecule has 0 aliphatic carbocycles. The molecule has 33 heavy (non-hydrogen) atoms. The van der Waals surface area contributed by atoms with Gasteiger partial charge in [0.05, 0.1) is 11.5 Å². The van der Waals surface area contributed by atoms with Crippen molar-refractivity contribution in [1.29, 1.82) is 0 Å². The summed E-state index contributed by atoms with van der Waals surface area (Å²) in [5.74, 6) is -0.309. The van der Waals surface area contributed by atoms with Gasteiger partial charge in [0, 0.05) is 61.5 Å². The average molecular weight is 583 g/mol. The molecule has 2 heterocycles. The van der Waals surface area contributed by atoms with Crippen LogP contribution in [0.1, 0.15) is 16.8 Å². The van der Waals surface area contributed by atoms with E-state index in [9.17, 15) is 14.4 Å². The van der Waals surface area contributed by atoms with Crippen molar-refractivity contribution in [1.82, 2.24) is 15.1 Å². The highest BCUT2D eigenvalue weighted by Crippen LogP contribution is 2.24. The molecule has 176 valence electrons. The summed E-state index contributed by atoms with van der Waals surface area (Å²) in [6.45, 7) is 4.64. The largest absolute Gasteiger partial charge is 0.355 e. The van der Waals surface area contributed by atoms with Crippen LogP contribution < -0.4 is 10.2 Å². The number of hydrogen-bond donors (Lipinski definition) is 1. The van der Waals surface area contributed by atoms with Gasteiger partial charge < -0.3 is 15.1 Å². The highest BCUT2D eigenvalue weighted by Gasteiger charge is 2.35. The van der Waals surface area contributed by atoms with Crippen molar-refractivity contribution < 1.29 is 14.4 Å². The van der Waals surface area contributed by atoms with Crippen molar-refractivity contribution in [3.63, 3.8) is 0 Å². The Morgan fingerprint density at radius 2 is 1.64 bits per heavy atom. The van der Waals surface area contributed by atoms with Crippen LogP contribution >= 0.6 is 35.0 Å². The van der Waals surface area contributed by atoms with E-state index in [0.717, 1.165) is 34.5 Å². The Hall–Kier alpha value is -2.17. The van der Waals surface area contributed by atoms with E-state index in [1.165, 1.54) is 0 Å². The molecule has 0 radical (unpaired) electrons. The number of halogens is 2. The van der Waals surface area contributed by atoms with Gasteiger partial charge in [0.2, 0.25) is 11.8 Å². The minimum Gasteiger partial charge on any atom is -0.355 e. The normalized spacial score (nSPS) is 18.7. The topological polar surface area (TPSA) is 73.0 Å². The van der Waals surface area contributed by atoms with Gasteiger partial charge in [0.25, 0.3) is 5.91 Å². The fourth-order valence-electron chi connectivity index (χ4n) is 4.20. The maximum absolute atomic E-state index is 12.7. The molecule has 7 nitrogen and oxygen atoms in total. The Labute approximate surface area is 214 Å². The van der Waals surface area contributed by atoms with Gasteiger partial charge in [0.1, 0.15) is 0 Å². The quantitative estimate of drug-likeness (QED) is 0.532. The second-order valence-corrected chi connectivity index (χ2v) is 9.31. The molecule has 1 atom stereocenters. The van der Waals surface area contributed by atoms with Crippen LogP contribution in [0, 0.1) is 9.49 Å². The monoisotopic (exact) mass is 582 g/mol. The minimum absolute atomic E-state index is 0. The summed E-state index contributed by atoms with van der Waals surface area (Å²) in [5, 5.41) is 2.99. The number of anilines is 1. The van der Waals surface area contributed by atoms with Gasteiger partial charge in [-0.1, -0.05) is 30.3 Å². The molecule has 0 spiro atoms. The first kappa shape index (κ1) is 25.5. The van der Waals surface area contributed by atoms with Crippen LogP contribution in [0.2, 0.25) is 0 Å². The van der Waals surface area contributed by atoms with Crippen molar-refractivity contribution in [2.24, 2.45) is 5.92 Å². The van der Waals surface area contributed by atoms with Crippen LogP contribution in [-0.4, -0.2) is 73.3 Å². The maximum atomic E-state index is 12.7. The van der Waals surface area contributed by atoms with Gasteiger partial charge >= 0.3 is 0 Å². The molecule has 0 bridgehead atoms. The van der Waals surface area contributed by atoms with E-state index in [1.54, 1.807) is 4.90 Å². The molecule has 2 fully saturated rings. The molecular weight excluding hydrogens is 555 g/mol. The number of hydrogen-bond acceptors (Lipinski definition) is 4. The van der Waals surface area contributed by atoms with Gasteiger partial charge in [-0.15, -0.1) is 12.4 Å². The van der Waals surface area contributed by atoms with Crippen LogP contribution in [0.4, 0.5) is 5.69 Å². The number of nitrogens with zero attached hydrogens (tertiary/aromatic N) is 3. The number of nitrogens with one attached hydrogen (secondary N) is 1. The lowest BCUT2D eigenvalue weighted by Crippen LogP contribution is -2.50. The summed E-state index contributed by atoms with van der Waals surface area (Å²) in [7, 11) is 0. The molecule has 2 aromatic carbocycles. The zero-order chi connectivity index (χ0) is 22.5. The Kier molecular flexibility index (Phi) is 9.10. The third kappa shape index (κ3) is 6.24. The van der Waals surface area contributed by atoms with E-state index in [1.807, 2.05) is 59.5 Å². The highest BCUT2D eigenvalue weighted by molar-refractivity contribution is 14.1. The van der Waals surface area contributed by atoms with E-state index in [2.05, 4.69) is 32.8 Å². The SMILES string of the molecule is Cl.O=C(NCCN1CCN(C(=O)c2ccccc2I)CC1)C1CC(=O)N(c2ccccc2)C1. The number of carbonyl (C=O) groups is 3. The van der Waals surface area contributed by atoms with Crippen LogP contribution in [0.3, 0.4) is 0 Å². The first-order valence-corrected chi connectivity index (χ1v) is 12.0. The third-order valence-electron chi connectivity index (χ3n) is 6.05. The molecule has 1 unspecified atom stereocenters. The molecule has 2 aliphatic rings. The molecule has 1 N–H and O–H groups in total. The van der Waals surface area contributed by atoms with Gasteiger partial charge in [-0.25, -0.2) is 0 Å². The predicted molar refractivity (Wildman–Crippen MR) is 139 cm³/mol. The van der Waals surface area contributed by atoms with Gasteiger partial charge in [-0.05, 0) is 46.9 Å². The summed E-state index contributed by atoms with van der Waals surface area (Å²) < 4.78 is 0.969.